The first-order chi connectivity index (χ1) is 12.0. The third kappa shape index (κ3) is 1.97. The van der Waals surface area contributed by atoms with Crippen LogP contribution in [0.4, 0.5) is 0 Å². The van der Waals surface area contributed by atoms with E-state index in [9.17, 15) is 19.5 Å². The standard InChI is InChI=1S/C22H32O4/c1-13(23)22(26)10-7-16-15-6-8-19(2)11-14(24)5-9-20(19,3)18(15)17(25)12-21(16,22)4/h15-16,18,26H,5-12H2,1-4H3/t15-,16-,18+,19+,20-,21-,22+/m1/s1. The van der Waals surface area contributed by atoms with Gasteiger partial charge in [0.15, 0.2) is 5.78 Å². The van der Waals surface area contributed by atoms with E-state index in [1.807, 2.05) is 6.92 Å². The molecular formula is C22H32O4. The molecule has 4 saturated carbocycles. The molecule has 4 aliphatic carbocycles. The van der Waals surface area contributed by atoms with Gasteiger partial charge in [-0.1, -0.05) is 20.8 Å². The zero-order chi connectivity index (χ0) is 19.1. The maximum atomic E-state index is 13.5. The lowest BCUT2D eigenvalue weighted by atomic mass is 9.40. The van der Waals surface area contributed by atoms with Crippen molar-refractivity contribution in [1.29, 1.82) is 0 Å². The molecule has 0 aliphatic heterocycles. The second-order valence-electron chi connectivity index (χ2n) is 10.5. The van der Waals surface area contributed by atoms with E-state index in [0.717, 1.165) is 25.7 Å². The molecule has 0 heterocycles. The highest BCUT2D eigenvalue weighted by Gasteiger charge is 2.70. The highest BCUT2D eigenvalue weighted by Crippen LogP contribution is 2.70. The van der Waals surface area contributed by atoms with Crippen molar-refractivity contribution < 1.29 is 19.5 Å². The van der Waals surface area contributed by atoms with Gasteiger partial charge in [-0.25, -0.2) is 0 Å². The number of rotatable bonds is 1. The van der Waals surface area contributed by atoms with E-state index in [4.69, 9.17) is 0 Å². The SMILES string of the molecule is CC(=O)[C@@]1(O)CC[C@@H]2[C@H]3CC[C@@]4(C)CC(=O)CC[C@]4(C)[C@@H]3C(=O)C[C@]21C. The van der Waals surface area contributed by atoms with Crippen LogP contribution >= 0.6 is 0 Å². The van der Waals surface area contributed by atoms with Crippen LogP contribution in [0.3, 0.4) is 0 Å². The van der Waals surface area contributed by atoms with Gasteiger partial charge in [0.1, 0.15) is 17.2 Å². The molecule has 4 aliphatic rings. The van der Waals surface area contributed by atoms with Crippen molar-refractivity contribution in [3.8, 4) is 0 Å². The fourth-order valence-electron chi connectivity index (χ4n) is 7.77. The monoisotopic (exact) mass is 360 g/mol. The molecule has 4 nitrogen and oxygen atoms in total. The van der Waals surface area contributed by atoms with Gasteiger partial charge in [-0.2, -0.15) is 0 Å². The van der Waals surface area contributed by atoms with Crippen molar-refractivity contribution in [2.75, 3.05) is 0 Å². The summed E-state index contributed by atoms with van der Waals surface area (Å²) in [5.41, 5.74) is -2.23. The van der Waals surface area contributed by atoms with Crippen molar-refractivity contribution >= 4 is 17.3 Å². The molecule has 0 amide bonds. The Morgan fingerprint density at radius 3 is 2.35 bits per heavy atom. The van der Waals surface area contributed by atoms with E-state index in [-0.39, 0.29) is 40.2 Å². The fraction of sp³-hybridized carbons (Fsp3) is 0.864. The second-order valence-corrected chi connectivity index (χ2v) is 10.5. The molecule has 1 N–H and O–H groups in total. The number of hydrogen-bond acceptors (Lipinski definition) is 4. The van der Waals surface area contributed by atoms with Crippen LogP contribution in [0, 0.1) is 34.0 Å². The van der Waals surface area contributed by atoms with Crippen molar-refractivity contribution in [3.63, 3.8) is 0 Å². The number of fused-ring (bicyclic) bond motifs is 5. The minimum Gasteiger partial charge on any atom is -0.381 e. The van der Waals surface area contributed by atoms with Gasteiger partial charge in [-0.05, 0) is 61.7 Å². The summed E-state index contributed by atoms with van der Waals surface area (Å²) in [6, 6.07) is 0. The first-order valence-electron chi connectivity index (χ1n) is 10.3. The smallest absolute Gasteiger partial charge is 0.161 e. The van der Waals surface area contributed by atoms with Gasteiger partial charge in [0.25, 0.3) is 0 Å². The number of carbonyl (C=O) groups excluding carboxylic acids is 3. The molecule has 0 radical (unpaired) electrons. The molecule has 4 rings (SSSR count). The van der Waals surface area contributed by atoms with Gasteiger partial charge in [0.05, 0.1) is 0 Å². The predicted molar refractivity (Wildman–Crippen MR) is 97.4 cm³/mol. The Labute approximate surface area is 156 Å². The third-order valence-corrected chi connectivity index (χ3v) is 9.60. The molecule has 26 heavy (non-hydrogen) atoms. The molecule has 0 aromatic rings. The molecule has 0 unspecified atom stereocenters. The zero-order valence-electron chi connectivity index (χ0n) is 16.6. The van der Waals surface area contributed by atoms with Gasteiger partial charge in [0.2, 0.25) is 0 Å². The molecule has 0 spiro atoms. The maximum Gasteiger partial charge on any atom is 0.161 e. The molecule has 0 aromatic heterocycles. The van der Waals surface area contributed by atoms with E-state index in [1.54, 1.807) is 0 Å². The Morgan fingerprint density at radius 2 is 1.69 bits per heavy atom. The number of carbonyl (C=O) groups is 3. The van der Waals surface area contributed by atoms with Crippen molar-refractivity contribution in [3.05, 3.63) is 0 Å². The largest absolute Gasteiger partial charge is 0.381 e. The first-order valence-corrected chi connectivity index (χ1v) is 10.3. The van der Waals surface area contributed by atoms with Crippen LogP contribution in [0.25, 0.3) is 0 Å². The number of ketones is 3. The summed E-state index contributed by atoms with van der Waals surface area (Å²) >= 11 is 0. The quantitative estimate of drug-likeness (QED) is 0.777. The lowest BCUT2D eigenvalue weighted by molar-refractivity contribution is -0.187. The summed E-state index contributed by atoms with van der Waals surface area (Å²) in [7, 11) is 0. The third-order valence-electron chi connectivity index (χ3n) is 9.60. The van der Waals surface area contributed by atoms with Crippen LogP contribution in [0.2, 0.25) is 0 Å². The van der Waals surface area contributed by atoms with Gasteiger partial charge in [-0.3, -0.25) is 14.4 Å². The summed E-state index contributed by atoms with van der Waals surface area (Å²) in [5.74, 6) is 0.797. The Morgan fingerprint density at radius 1 is 1.00 bits per heavy atom. The summed E-state index contributed by atoms with van der Waals surface area (Å²) in [5, 5.41) is 11.2. The molecule has 4 fully saturated rings. The minimum absolute atomic E-state index is 0.0262. The molecule has 144 valence electrons. The Kier molecular flexibility index (Phi) is 3.72. The van der Waals surface area contributed by atoms with Crippen molar-refractivity contribution in [1.82, 2.24) is 0 Å². The zero-order valence-corrected chi connectivity index (χ0v) is 16.6. The predicted octanol–water partition coefficient (Wildman–Crippen LogP) is 3.49. The van der Waals surface area contributed by atoms with Crippen molar-refractivity contribution in [2.24, 2.45) is 34.0 Å². The molecule has 0 aromatic carbocycles. The average molecular weight is 360 g/mol. The van der Waals surface area contributed by atoms with E-state index < -0.39 is 11.0 Å². The Bertz CT molecular complexity index is 698. The van der Waals surface area contributed by atoms with E-state index in [2.05, 4.69) is 13.8 Å². The normalized spacial score (nSPS) is 53.7. The summed E-state index contributed by atoms with van der Waals surface area (Å²) in [4.78, 5) is 37.9. The van der Waals surface area contributed by atoms with Crippen LogP contribution in [0.15, 0.2) is 0 Å². The summed E-state index contributed by atoms with van der Waals surface area (Å²) in [6.45, 7) is 7.89. The number of aliphatic hydroxyl groups is 1. The van der Waals surface area contributed by atoms with Gasteiger partial charge in [0, 0.05) is 30.6 Å². The minimum atomic E-state index is -1.36. The number of Topliss-reactive ketones (excluding diaryl/α,β-unsaturated/α-hetero) is 3. The van der Waals surface area contributed by atoms with Gasteiger partial charge >= 0.3 is 0 Å². The van der Waals surface area contributed by atoms with Gasteiger partial charge in [-0.15, -0.1) is 0 Å². The van der Waals surface area contributed by atoms with E-state index >= 15 is 0 Å². The topological polar surface area (TPSA) is 71.4 Å². The van der Waals surface area contributed by atoms with Crippen LogP contribution in [0.5, 0.6) is 0 Å². The lowest BCUT2D eigenvalue weighted by Gasteiger charge is -2.63. The van der Waals surface area contributed by atoms with Gasteiger partial charge < -0.3 is 5.11 Å². The highest BCUT2D eigenvalue weighted by atomic mass is 16.3. The van der Waals surface area contributed by atoms with Crippen LogP contribution in [-0.4, -0.2) is 28.1 Å². The molecular weight excluding hydrogens is 328 g/mol. The molecule has 0 bridgehead atoms. The van der Waals surface area contributed by atoms with Crippen LogP contribution < -0.4 is 0 Å². The maximum absolute atomic E-state index is 13.5. The second kappa shape index (κ2) is 5.27. The lowest BCUT2D eigenvalue weighted by Crippen LogP contribution is -2.63. The number of hydrogen-bond donors (Lipinski definition) is 1. The summed E-state index contributed by atoms with van der Waals surface area (Å²) in [6.07, 6.45) is 5.49. The van der Waals surface area contributed by atoms with Crippen molar-refractivity contribution in [2.45, 2.75) is 84.7 Å². The summed E-state index contributed by atoms with van der Waals surface area (Å²) < 4.78 is 0. The first kappa shape index (κ1) is 18.3. The Hall–Kier alpha value is -1.03. The molecule has 7 atom stereocenters. The fourth-order valence-corrected chi connectivity index (χ4v) is 7.77. The molecule has 4 heteroatoms. The molecule has 0 saturated heterocycles. The van der Waals surface area contributed by atoms with Crippen LogP contribution in [-0.2, 0) is 14.4 Å². The highest BCUT2D eigenvalue weighted by molar-refractivity contribution is 5.91. The Balaban J connectivity index is 1.76. The van der Waals surface area contributed by atoms with Crippen LogP contribution in [0.1, 0.15) is 79.1 Å². The average Bonchev–Trinajstić information content (AvgIpc) is 2.81. The van der Waals surface area contributed by atoms with E-state index in [1.165, 1.54) is 6.92 Å². The van der Waals surface area contributed by atoms with E-state index in [0.29, 0.717) is 31.5 Å².